The van der Waals surface area contributed by atoms with Crippen LogP contribution in [0.1, 0.15) is 47.5 Å². The third-order valence-electron chi connectivity index (χ3n) is 6.21. The molecule has 1 fully saturated rings. The van der Waals surface area contributed by atoms with Crippen LogP contribution in [-0.4, -0.2) is 58.4 Å². The summed E-state index contributed by atoms with van der Waals surface area (Å²) in [7, 11) is 1.97. The first-order chi connectivity index (χ1) is 17.0. The Morgan fingerprint density at radius 3 is 2.36 bits per heavy atom. The first-order valence-corrected chi connectivity index (χ1v) is 12.5. The molecular formula is C28H36N4O4. The number of hydrogen-bond donors (Lipinski definition) is 0. The zero-order chi connectivity index (χ0) is 26.0. The number of hydrogen-bond acceptors (Lipinski definition) is 6. The van der Waals surface area contributed by atoms with E-state index in [1.54, 1.807) is 15.5 Å². The summed E-state index contributed by atoms with van der Waals surface area (Å²) in [4.78, 5) is 35.1. The van der Waals surface area contributed by atoms with Crippen molar-refractivity contribution in [2.45, 2.75) is 65.2 Å². The molecule has 2 heterocycles. The summed E-state index contributed by atoms with van der Waals surface area (Å²) in [6.07, 6.45) is 1.14. The van der Waals surface area contributed by atoms with Gasteiger partial charge in [-0.25, -0.2) is 14.3 Å². The van der Waals surface area contributed by atoms with Gasteiger partial charge in [0, 0.05) is 26.2 Å². The molecular weight excluding hydrogens is 456 g/mol. The predicted molar refractivity (Wildman–Crippen MR) is 142 cm³/mol. The third kappa shape index (κ3) is 5.48. The third-order valence-corrected chi connectivity index (χ3v) is 6.21. The van der Waals surface area contributed by atoms with E-state index in [2.05, 4.69) is 4.90 Å². The highest BCUT2D eigenvalue weighted by Gasteiger charge is 2.30. The summed E-state index contributed by atoms with van der Waals surface area (Å²) in [6.45, 7) is 10.7. The second kappa shape index (κ2) is 10.2. The molecule has 1 aliphatic rings. The number of para-hydroxylation sites is 3. The van der Waals surface area contributed by atoms with Crippen LogP contribution in [0.15, 0.2) is 53.3 Å². The number of amides is 1. The van der Waals surface area contributed by atoms with Crippen molar-refractivity contribution < 1.29 is 14.3 Å². The average Bonchev–Trinajstić information content (AvgIpc) is 2.83. The van der Waals surface area contributed by atoms with Crippen LogP contribution in [0.25, 0.3) is 16.6 Å². The van der Waals surface area contributed by atoms with Gasteiger partial charge in [0.05, 0.1) is 22.7 Å². The standard InChI is InChI=1S/C28H36N4O4/c1-19(2)35-24-14-10-9-13-23(24)32-25(33)21-11-7-8-12-22(21)29-26(32)30(6)20-15-17-31(18-16-20)27(34)36-28(3,4)5/h7-14,19-20H,15-18H2,1-6H3. The molecule has 4 rings (SSSR count). The molecule has 0 atom stereocenters. The van der Waals surface area contributed by atoms with Crippen molar-refractivity contribution in [2.75, 3.05) is 25.0 Å². The summed E-state index contributed by atoms with van der Waals surface area (Å²) in [5, 5.41) is 0.550. The van der Waals surface area contributed by atoms with Crippen molar-refractivity contribution in [3.63, 3.8) is 0 Å². The van der Waals surface area contributed by atoms with Gasteiger partial charge >= 0.3 is 6.09 Å². The number of carbonyl (C=O) groups is 1. The van der Waals surface area contributed by atoms with Crippen molar-refractivity contribution in [3.8, 4) is 11.4 Å². The Morgan fingerprint density at radius 1 is 1.06 bits per heavy atom. The maximum absolute atomic E-state index is 13.8. The Balaban J connectivity index is 1.71. The lowest BCUT2D eigenvalue weighted by Crippen LogP contribution is -2.48. The number of likely N-dealkylation sites (tertiary alicyclic amines) is 1. The average molecular weight is 493 g/mol. The molecule has 1 amide bonds. The van der Waals surface area contributed by atoms with Gasteiger partial charge in [0.15, 0.2) is 0 Å². The summed E-state index contributed by atoms with van der Waals surface area (Å²) in [5.74, 6) is 1.18. The summed E-state index contributed by atoms with van der Waals surface area (Å²) in [6, 6.07) is 15.1. The molecule has 1 saturated heterocycles. The van der Waals surface area contributed by atoms with Gasteiger partial charge in [-0.1, -0.05) is 24.3 Å². The lowest BCUT2D eigenvalue weighted by molar-refractivity contribution is 0.0205. The topological polar surface area (TPSA) is 76.9 Å². The lowest BCUT2D eigenvalue weighted by atomic mass is 10.0. The molecule has 8 heteroatoms. The Morgan fingerprint density at radius 2 is 1.69 bits per heavy atom. The highest BCUT2D eigenvalue weighted by atomic mass is 16.6. The molecule has 8 nitrogen and oxygen atoms in total. The number of carbonyl (C=O) groups excluding carboxylic acids is 1. The van der Waals surface area contributed by atoms with Crippen molar-refractivity contribution >= 4 is 22.9 Å². The first-order valence-electron chi connectivity index (χ1n) is 12.5. The van der Waals surface area contributed by atoms with Gasteiger partial charge in [0.1, 0.15) is 11.4 Å². The minimum atomic E-state index is -0.527. The van der Waals surface area contributed by atoms with Crippen molar-refractivity contribution in [2.24, 2.45) is 0 Å². The van der Waals surface area contributed by atoms with Crippen molar-refractivity contribution in [3.05, 3.63) is 58.9 Å². The van der Waals surface area contributed by atoms with Crippen LogP contribution in [0.2, 0.25) is 0 Å². The number of rotatable bonds is 5. The van der Waals surface area contributed by atoms with E-state index >= 15 is 0 Å². The Labute approximate surface area is 212 Å². The minimum Gasteiger partial charge on any atom is -0.489 e. The van der Waals surface area contributed by atoms with E-state index in [-0.39, 0.29) is 23.8 Å². The Kier molecular flexibility index (Phi) is 7.24. The van der Waals surface area contributed by atoms with E-state index in [0.717, 1.165) is 12.8 Å². The molecule has 36 heavy (non-hydrogen) atoms. The van der Waals surface area contributed by atoms with Gasteiger partial charge in [-0.2, -0.15) is 0 Å². The highest BCUT2D eigenvalue weighted by Crippen LogP contribution is 2.29. The van der Waals surface area contributed by atoms with Crippen LogP contribution in [0.3, 0.4) is 0 Å². The number of anilines is 1. The molecule has 0 aliphatic carbocycles. The monoisotopic (exact) mass is 492 g/mol. The van der Waals surface area contributed by atoms with Crippen LogP contribution in [0, 0.1) is 0 Å². The molecule has 2 aromatic carbocycles. The van der Waals surface area contributed by atoms with E-state index < -0.39 is 5.60 Å². The first kappa shape index (κ1) is 25.5. The van der Waals surface area contributed by atoms with Gasteiger partial charge in [-0.3, -0.25) is 4.79 Å². The van der Waals surface area contributed by atoms with Crippen molar-refractivity contribution in [1.29, 1.82) is 0 Å². The Bertz CT molecular complexity index is 1290. The van der Waals surface area contributed by atoms with Crippen LogP contribution in [0.5, 0.6) is 5.75 Å². The van der Waals surface area contributed by atoms with Crippen LogP contribution in [0.4, 0.5) is 10.7 Å². The number of aromatic nitrogens is 2. The van der Waals surface area contributed by atoms with Gasteiger partial charge in [-0.05, 0) is 71.7 Å². The van der Waals surface area contributed by atoms with E-state index in [0.29, 0.717) is 41.4 Å². The molecule has 0 radical (unpaired) electrons. The van der Waals surface area contributed by atoms with Gasteiger partial charge < -0.3 is 19.3 Å². The van der Waals surface area contributed by atoms with E-state index in [1.165, 1.54) is 0 Å². The summed E-state index contributed by atoms with van der Waals surface area (Å²) < 4.78 is 13.3. The number of piperidine rings is 1. The molecule has 192 valence electrons. The van der Waals surface area contributed by atoms with Crippen LogP contribution in [-0.2, 0) is 4.74 Å². The van der Waals surface area contributed by atoms with Gasteiger partial charge in [-0.15, -0.1) is 0 Å². The van der Waals surface area contributed by atoms with Gasteiger partial charge in [0.25, 0.3) is 5.56 Å². The number of nitrogens with zero attached hydrogens (tertiary/aromatic N) is 4. The SMILES string of the molecule is CC(C)Oc1ccccc1-n1c(N(C)C2CCN(C(=O)OC(C)(C)C)CC2)nc2ccccc2c1=O. The lowest BCUT2D eigenvalue weighted by Gasteiger charge is -2.38. The minimum absolute atomic E-state index is 0.0476. The second-order valence-corrected chi connectivity index (χ2v) is 10.5. The Hall–Kier alpha value is -3.55. The molecule has 0 N–H and O–H groups in total. The number of benzene rings is 2. The largest absolute Gasteiger partial charge is 0.489 e. The van der Waals surface area contributed by atoms with Crippen molar-refractivity contribution in [1.82, 2.24) is 14.5 Å². The molecule has 0 saturated carbocycles. The van der Waals surface area contributed by atoms with E-state index in [1.807, 2.05) is 84.1 Å². The number of fused-ring (bicyclic) bond motifs is 1. The molecule has 1 aromatic heterocycles. The predicted octanol–water partition coefficient (Wildman–Crippen LogP) is 5.01. The smallest absolute Gasteiger partial charge is 0.410 e. The summed E-state index contributed by atoms with van der Waals surface area (Å²) >= 11 is 0. The maximum atomic E-state index is 13.8. The van der Waals surface area contributed by atoms with Crippen LogP contribution >= 0.6 is 0 Å². The fourth-order valence-electron chi connectivity index (χ4n) is 4.50. The van der Waals surface area contributed by atoms with Crippen LogP contribution < -0.4 is 15.2 Å². The van der Waals surface area contributed by atoms with E-state index in [4.69, 9.17) is 14.5 Å². The molecule has 0 spiro atoms. The zero-order valence-corrected chi connectivity index (χ0v) is 22.0. The number of ether oxygens (including phenoxy) is 2. The normalized spacial score (nSPS) is 14.8. The zero-order valence-electron chi connectivity index (χ0n) is 22.0. The van der Waals surface area contributed by atoms with Gasteiger partial charge in [0.2, 0.25) is 5.95 Å². The molecule has 3 aromatic rings. The van der Waals surface area contributed by atoms with E-state index in [9.17, 15) is 9.59 Å². The molecule has 0 bridgehead atoms. The molecule has 1 aliphatic heterocycles. The summed E-state index contributed by atoms with van der Waals surface area (Å²) in [5.41, 5.74) is 0.631. The quantitative estimate of drug-likeness (QED) is 0.498. The fraction of sp³-hybridized carbons (Fsp3) is 0.464. The highest BCUT2D eigenvalue weighted by molar-refractivity contribution is 5.79. The fourth-order valence-corrected chi connectivity index (χ4v) is 4.50. The molecule has 0 unspecified atom stereocenters. The second-order valence-electron chi connectivity index (χ2n) is 10.5. The maximum Gasteiger partial charge on any atom is 0.410 e.